The number of benzene rings is 1. The van der Waals surface area contributed by atoms with Crippen molar-refractivity contribution < 1.29 is 10.0 Å². The van der Waals surface area contributed by atoms with Crippen LogP contribution in [0.1, 0.15) is 17.2 Å². The van der Waals surface area contributed by atoms with Crippen LogP contribution < -0.4 is 5.32 Å². The van der Waals surface area contributed by atoms with Crippen molar-refractivity contribution in [3.05, 3.63) is 61.7 Å². The molecule has 0 bridgehead atoms. The van der Waals surface area contributed by atoms with E-state index in [1.54, 1.807) is 25.1 Å². The summed E-state index contributed by atoms with van der Waals surface area (Å²) >= 11 is 12.1. The highest BCUT2D eigenvalue weighted by molar-refractivity contribution is 6.36. The van der Waals surface area contributed by atoms with Crippen LogP contribution in [0.5, 0.6) is 0 Å². The first kappa shape index (κ1) is 16.5. The summed E-state index contributed by atoms with van der Waals surface area (Å²) in [7, 11) is 0. The Morgan fingerprint density at radius 2 is 2.05 bits per heavy atom. The Hall–Kier alpha value is -1.89. The van der Waals surface area contributed by atoms with Crippen molar-refractivity contribution >= 4 is 34.7 Å². The number of aryl methyl sites for hydroxylation is 1. The highest BCUT2D eigenvalue weighted by atomic mass is 35.5. The fourth-order valence-electron chi connectivity index (χ4n) is 1.97. The lowest BCUT2D eigenvalue weighted by Gasteiger charge is -2.16. The average Bonchev–Trinajstić information content (AvgIpc) is 2.45. The molecule has 2 rings (SSSR count). The Balaban J connectivity index is 2.11. The summed E-state index contributed by atoms with van der Waals surface area (Å²) in [4.78, 5) is 14.1. The van der Waals surface area contributed by atoms with E-state index in [-0.39, 0.29) is 12.2 Å². The molecule has 0 aliphatic carbocycles. The summed E-state index contributed by atoms with van der Waals surface area (Å²) in [5.41, 5.74) is 0.947. The lowest BCUT2D eigenvalue weighted by Crippen LogP contribution is -2.14. The summed E-state index contributed by atoms with van der Waals surface area (Å²) in [5, 5.41) is 24.5. The van der Waals surface area contributed by atoms with Crippen molar-refractivity contribution in [2.75, 3.05) is 11.9 Å². The number of rotatable bonds is 5. The quantitative estimate of drug-likeness (QED) is 0.638. The third-order valence-corrected chi connectivity index (χ3v) is 3.73. The lowest BCUT2D eigenvalue weighted by atomic mass is 10.1. The van der Waals surface area contributed by atoms with E-state index in [1.807, 2.05) is 0 Å². The van der Waals surface area contributed by atoms with Gasteiger partial charge in [0.1, 0.15) is 12.0 Å². The van der Waals surface area contributed by atoms with Gasteiger partial charge in [0.25, 0.3) is 5.69 Å². The molecule has 2 N–H and O–H groups in total. The van der Waals surface area contributed by atoms with Crippen LogP contribution in [0.3, 0.4) is 0 Å². The minimum absolute atomic E-state index is 0.0854. The molecule has 8 heteroatoms. The van der Waals surface area contributed by atoms with Gasteiger partial charge in [-0.1, -0.05) is 29.3 Å². The molecule has 0 saturated carbocycles. The molecule has 1 aromatic heterocycles. The molecule has 1 aromatic carbocycles. The predicted octanol–water partition coefficient (Wildman–Crippen LogP) is 3.75. The average molecular weight is 342 g/mol. The molecule has 1 heterocycles. The van der Waals surface area contributed by atoms with E-state index in [0.717, 1.165) is 6.20 Å². The molecule has 116 valence electrons. The molecule has 0 radical (unpaired) electrons. The standard InChI is InChI=1S/C14H13Cl2N3O3/c1-8-5-9(19(21)22)6-17-14(8)18-7-12(20)13-10(15)3-2-4-11(13)16/h2-6,12,20H,7H2,1H3,(H,17,18). The van der Waals surface area contributed by atoms with E-state index >= 15 is 0 Å². The summed E-state index contributed by atoms with van der Waals surface area (Å²) in [6.45, 7) is 1.81. The summed E-state index contributed by atoms with van der Waals surface area (Å²) in [6.07, 6.45) is 0.224. The lowest BCUT2D eigenvalue weighted by molar-refractivity contribution is -0.385. The van der Waals surface area contributed by atoms with Gasteiger partial charge in [0.15, 0.2) is 0 Å². The molecule has 0 amide bonds. The maximum Gasteiger partial charge on any atom is 0.287 e. The van der Waals surface area contributed by atoms with Crippen molar-refractivity contribution in [3.63, 3.8) is 0 Å². The Bertz CT molecular complexity index is 689. The molecule has 2 aromatic rings. The number of hydrogen-bond donors (Lipinski definition) is 2. The number of nitrogens with one attached hydrogen (secondary N) is 1. The molecule has 0 spiro atoms. The highest BCUT2D eigenvalue weighted by Gasteiger charge is 2.16. The third kappa shape index (κ3) is 3.65. The van der Waals surface area contributed by atoms with Gasteiger partial charge in [-0.05, 0) is 24.6 Å². The van der Waals surface area contributed by atoms with Crippen LogP contribution in [0.4, 0.5) is 11.5 Å². The van der Waals surface area contributed by atoms with E-state index in [1.165, 1.54) is 6.07 Å². The van der Waals surface area contributed by atoms with Gasteiger partial charge < -0.3 is 10.4 Å². The van der Waals surface area contributed by atoms with E-state index in [2.05, 4.69) is 10.3 Å². The van der Waals surface area contributed by atoms with E-state index in [0.29, 0.717) is 27.0 Å². The van der Waals surface area contributed by atoms with E-state index in [4.69, 9.17) is 23.2 Å². The number of nitrogens with zero attached hydrogens (tertiary/aromatic N) is 2. The van der Waals surface area contributed by atoms with Gasteiger partial charge >= 0.3 is 0 Å². The Morgan fingerprint density at radius 1 is 1.41 bits per heavy atom. The van der Waals surface area contributed by atoms with Crippen LogP contribution in [0.15, 0.2) is 30.5 Å². The predicted molar refractivity (Wildman–Crippen MR) is 85.5 cm³/mol. The molecule has 1 unspecified atom stereocenters. The van der Waals surface area contributed by atoms with Gasteiger partial charge in [0.05, 0.1) is 11.0 Å². The van der Waals surface area contributed by atoms with Crippen LogP contribution in [0.2, 0.25) is 10.0 Å². The molecule has 22 heavy (non-hydrogen) atoms. The minimum atomic E-state index is -0.933. The first-order chi connectivity index (χ1) is 10.4. The number of aliphatic hydroxyl groups excluding tert-OH is 1. The van der Waals surface area contributed by atoms with E-state index in [9.17, 15) is 15.2 Å². The topological polar surface area (TPSA) is 88.3 Å². The Kier molecular flexibility index (Phi) is 5.18. The Labute approximate surface area is 136 Å². The molecule has 0 aliphatic rings. The maximum atomic E-state index is 10.7. The van der Waals surface area contributed by atoms with Gasteiger partial charge in [-0.2, -0.15) is 0 Å². The smallest absolute Gasteiger partial charge is 0.287 e. The zero-order valence-electron chi connectivity index (χ0n) is 11.6. The van der Waals surface area contributed by atoms with Crippen molar-refractivity contribution in [2.24, 2.45) is 0 Å². The molecule has 0 fully saturated rings. The molecular formula is C14H13Cl2N3O3. The zero-order valence-corrected chi connectivity index (χ0v) is 13.1. The SMILES string of the molecule is Cc1cc([N+](=O)[O-])cnc1NCC(O)c1c(Cl)cccc1Cl. The van der Waals surface area contributed by atoms with Gasteiger partial charge in [-0.25, -0.2) is 4.98 Å². The fourth-order valence-corrected chi connectivity index (χ4v) is 2.62. The number of hydrogen-bond acceptors (Lipinski definition) is 5. The maximum absolute atomic E-state index is 10.7. The van der Waals surface area contributed by atoms with Crippen molar-refractivity contribution in [1.82, 2.24) is 4.98 Å². The first-order valence-corrected chi connectivity index (χ1v) is 7.12. The van der Waals surface area contributed by atoms with Gasteiger partial charge in [0.2, 0.25) is 0 Å². The monoisotopic (exact) mass is 341 g/mol. The van der Waals surface area contributed by atoms with Crippen LogP contribution >= 0.6 is 23.2 Å². The van der Waals surface area contributed by atoms with E-state index < -0.39 is 11.0 Å². The highest BCUT2D eigenvalue weighted by Crippen LogP contribution is 2.30. The molecule has 1 atom stereocenters. The summed E-state index contributed by atoms with van der Waals surface area (Å²) < 4.78 is 0. The molecule has 0 saturated heterocycles. The van der Waals surface area contributed by atoms with Gasteiger partial charge in [0, 0.05) is 28.2 Å². The Morgan fingerprint density at radius 3 is 2.59 bits per heavy atom. The second-order valence-electron chi connectivity index (χ2n) is 4.65. The van der Waals surface area contributed by atoms with Crippen LogP contribution in [-0.2, 0) is 0 Å². The fraction of sp³-hybridized carbons (Fsp3) is 0.214. The van der Waals surface area contributed by atoms with Crippen molar-refractivity contribution in [1.29, 1.82) is 0 Å². The van der Waals surface area contributed by atoms with Gasteiger partial charge in [-0.3, -0.25) is 10.1 Å². The summed E-state index contributed by atoms with van der Waals surface area (Å²) in [5.74, 6) is 0.452. The number of aromatic nitrogens is 1. The van der Waals surface area contributed by atoms with Gasteiger partial charge in [-0.15, -0.1) is 0 Å². The van der Waals surface area contributed by atoms with Crippen LogP contribution in [0, 0.1) is 17.0 Å². The molecular weight excluding hydrogens is 329 g/mol. The van der Waals surface area contributed by atoms with Crippen LogP contribution in [-0.4, -0.2) is 21.6 Å². The molecule has 6 nitrogen and oxygen atoms in total. The zero-order chi connectivity index (χ0) is 16.3. The normalized spacial score (nSPS) is 12.0. The largest absolute Gasteiger partial charge is 0.386 e. The second-order valence-corrected chi connectivity index (χ2v) is 5.46. The second kappa shape index (κ2) is 6.91. The van der Waals surface area contributed by atoms with Crippen molar-refractivity contribution in [3.8, 4) is 0 Å². The molecule has 0 aliphatic heterocycles. The number of halogens is 2. The first-order valence-electron chi connectivity index (χ1n) is 6.37. The number of nitro groups is 1. The van der Waals surface area contributed by atoms with Crippen LogP contribution in [0.25, 0.3) is 0 Å². The van der Waals surface area contributed by atoms with Crippen molar-refractivity contribution in [2.45, 2.75) is 13.0 Å². The summed E-state index contributed by atoms with van der Waals surface area (Å²) in [6, 6.07) is 6.38. The number of anilines is 1. The number of aliphatic hydroxyl groups is 1. The minimum Gasteiger partial charge on any atom is -0.386 e. The third-order valence-electron chi connectivity index (χ3n) is 3.07. The number of pyridine rings is 1.